The van der Waals surface area contributed by atoms with Crippen LogP contribution in [0.3, 0.4) is 0 Å². The molecule has 3 aromatic rings. The second-order valence-electron chi connectivity index (χ2n) is 8.22. The normalized spacial score (nSPS) is 17.0. The van der Waals surface area contributed by atoms with Crippen LogP contribution in [0.1, 0.15) is 42.9 Å². The SMILES string of the molecule is CC(=O)N1CCc2cc(Cl)ccc2-n2c(nnc2C2CCN(c3ccccn3)CC2)C1. The fourth-order valence-corrected chi connectivity index (χ4v) is 4.81. The number of anilines is 1. The summed E-state index contributed by atoms with van der Waals surface area (Å²) in [5.74, 6) is 3.15. The molecule has 8 heteroatoms. The lowest BCUT2D eigenvalue weighted by Gasteiger charge is -2.33. The summed E-state index contributed by atoms with van der Waals surface area (Å²) in [7, 11) is 0. The Morgan fingerprint density at radius 2 is 1.94 bits per heavy atom. The minimum Gasteiger partial charge on any atom is -0.357 e. The summed E-state index contributed by atoms with van der Waals surface area (Å²) in [5.41, 5.74) is 2.20. The van der Waals surface area contributed by atoms with Gasteiger partial charge in [0.2, 0.25) is 5.91 Å². The molecule has 1 saturated heterocycles. The van der Waals surface area contributed by atoms with Crippen LogP contribution in [0.4, 0.5) is 5.82 Å². The second kappa shape index (κ2) is 8.30. The van der Waals surface area contributed by atoms with Gasteiger partial charge in [0.25, 0.3) is 0 Å². The van der Waals surface area contributed by atoms with E-state index in [-0.39, 0.29) is 5.91 Å². The Balaban J connectivity index is 1.48. The van der Waals surface area contributed by atoms with Crippen molar-refractivity contribution in [1.82, 2.24) is 24.6 Å². The Morgan fingerprint density at radius 3 is 2.68 bits per heavy atom. The van der Waals surface area contributed by atoms with Gasteiger partial charge in [-0.1, -0.05) is 17.7 Å². The first kappa shape index (κ1) is 20.0. The molecule has 7 nitrogen and oxygen atoms in total. The number of carbonyl (C=O) groups is 1. The van der Waals surface area contributed by atoms with Crippen molar-refractivity contribution in [2.24, 2.45) is 0 Å². The third-order valence-electron chi connectivity index (χ3n) is 6.30. The summed E-state index contributed by atoms with van der Waals surface area (Å²) in [6.45, 7) is 4.58. The molecule has 2 aromatic heterocycles. The Bertz CT molecular complexity index is 1090. The molecule has 0 saturated carbocycles. The first-order chi connectivity index (χ1) is 15.1. The summed E-state index contributed by atoms with van der Waals surface area (Å²) < 4.78 is 2.17. The lowest BCUT2D eigenvalue weighted by molar-refractivity contribution is -0.129. The average Bonchev–Trinajstić information content (AvgIpc) is 3.18. The fraction of sp³-hybridized carbons (Fsp3) is 0.391. The fourth-order valence-electron chi connectivity index (χ4n) is 4.61. The summed E-state index contributed by atoms with van der Waals surface area (Å²) in [5, 5.41) is 9.85. The number of pyridine rings is 1. The van der Waals surface area contributed by atoms with E-state index in [1.54, 1.807) is 6.92 Å². The molecule has 4 heterocycles. The number of amides is 1. The zero-order valence-corrected chi connectivity index (χ0v) is 18.3. The van der Waals surface area contributed by atoms with Gasteiger partial charge in [-0.2, -0.15) is 0 Å². The van der Waals surface area contributed by atoms with Gasteiger partial charge in [0.05, 0.1) is 12.2 Å². The maximum Gasteiger partial charge on any atom is 0.219 e. The smallest absolute Gasteiger partial charge is 0.219 e. The number of benzene rings is 1. The van der Waals surface area contributed by atoms with Crippen LogP contribution in [0, 0.1) is 0 Å². The van der Waals surface area contributed by atoms with Gasteiger partial charge < -0.3 is 9.80 Å². The molecule has 0 unspecified atom stereocenters. The highest BCUT2D eigenvalue weighted by molar-refractivity contribution is 6.30. The van der Waals surface area contributed by atoms with Crippen LogP contribution in [0.15, 0.2) is 42.6 Å². The quantitative estimate of drug-likeness (QED) is 0.614. The molecule has 0 atom stereocenters. The number of aromatic nitrogens is 4. The lowest BCUT2D eigenvalue weighted by Crippen LogP contribution is -2.35. The van der Waals surface area contributed by atoms with Gasteiger partial charge in [-0.15, -0.1) is 10.2 Å². The van der Waals surface area contributed by atoms with E-state index in [2.05, 4.69) is 36.8 Å². The van der Waals surface area contributed by atoms with Gasteiger partial charge in [-0.05, 0) is 55.2 Å². The van der Waals surface area contributed by atoms with Crippen molar-refractivity contribution >= 4 is 23.3 Å². The molecule has 1 fully saturated rings. The predicted octanol–water partition coefficient (Wildman–Crippen LogP) is 3.60. The monoisotopic (exact) mass is 436 g/mol. The number of carbonyl (C=O) groups excluding carboxylic acids is 1. The van der Waals surface area contributed by atoms with E-state index in [4.69, 9.17) is 11.6 Å². The van der Waals surface area contributed by atoms with Crippen LogP contribution in [-0.2, 0) is 17.8 Å². The third-order valence-corrected chi connectivity index (χ3v) is 6.53. The van der Waals surface area contributed by atoms with Crippen molar-refractivity contribution in [3.8, 4) is 5.69 Å². The molecular formula is C23H25ClN6O. The summed E-state index contributed by atoms with van der Waals surface area (Å²) >= 11 is 6.30. The van der Waals surface area contributed by atoms with Gasteiger partial charge >= 0.3 is 0 Å². The molecule has 31 heavy (non-hydrogen) atoms. The number of fused-ring (bicyclic) bond motifs is 3. The van der Waals surface area contributed by atoms with E-state index >= 15 is 0 Å². The largest absolute Gasteiger partial charge is 0.357 e. The lowest BCUT2D eigenvalue weighted by atomic mass is 9.95. The number of hydrogen-bond donors (Lipinski definition) is 0. The van der Waals surface area contributed by atoms with Crippen LogP contribution < -0.4 is 4.90 Å². The third kappa shape index (κ3) is 3.90. The van der Waals surface area contributed by atoms with Crippen molar-refractivity contribution in [3.63, 3.8) is 0 Å². The van der Waals surface area contributed by atoms with Crippen molar-refractivity contribution in [1.29, 1.82) is 0 Å². The van der Waals surface area contributed by atoms with Gasteiger partial charge in [0, 0.05) is 43.7 Å². The van der Waals surface area contributed by atoms with Gasteiger partial charge in [-0.3, -0.25) is 9.36 Å². The summed E-state index contributed by atoms with van der Waals surface area (Å²) in [4.78, 5) is 20.8. The first-order valence-electron chi connectivity index (χ1n) is 10.7. The van der Waals surface area contributed by atoms with Crippen molar-refractivity contribution in [2.75, 3.05) is 24.5 Å². The maximum absolute atomic E-state index is 12.2. The zero-order valence-electron chi connectivity index (χ0n) is 17.5. The zero-order chi connectivity index (χ0) is 21.4. The van der Waals surface area contributed by atoms with E-state index in [1.165, 1.54) is 0 Å². The van der Waals surface area contributed by atoms with Crippen molar-refractivity contribution in [2.45, 2.75) is 38.6 Å². The molecule has 0 bridgehead atoms. The summed E-state index contributed by atoms with van der Waals surface area (Å²) in [6.07, 6.45) is 4.55. The van der Waals surface area contributed by atoms with Crippen molar-refractivity contribution < 1.29 is 4.79 Å². The predicted molar refractivity (Wildman–Crippen MR) is 120 cm³/mol. The Hall–Kier alpha value is -2.93. The van der Waals surface area contributed by atoms with Gasteiger partial charge in [0.15, 0.2) is 5.82 Å². The Kier molecular flexibility index (Phi) is 5.36. The second-order valence-corrected chi connectivity index (χ2v) is 8.66. The molecule has 2 aliphatic heterocycles. The average molecular weight is 437 g/mol. The topological polar surface area (TPSA) is 67.2 Å². The molecule has 0 N–H and O–H groups in total. The highest BCUT2D eigenvalue weighted by atomic mass is 35.5. The van der Waals surface area contributed by atoms with E-state index in [0.29, 0.717) is 24.0 Å². The first-order valence-corrected chi connectivity index (χ1v) is 11.1. The summed E-state index contributed by atoms with van der Waals surface area (Å²) in [6, 6.07) is 12.0. The molecule has 0 aliphatic carbocycles. The van der Waals surface area contributed by atoms with Gasteiger partial charge in [-0.25, -0.2) is 4.98 Å². The Morgan fingerprint density at radius 1 is 1.10 bits per heavy atom. The minimum atomic E-state index is 0.0465. The minimum absolute atomic E-state index is 0.0465. The number of nitrogens with zero attached hydrogens (tertiary/aromatic N) is 6. The van der Waals surface area contributed by atoms with E-state index in [9.17, 15) is 4.79 Å². The van der Waals surface area contributed by atoms with Crippen molar-refractivity contribution in [3.05, 3.63) is 64.8 Å². The number of piperidine rings is 1. The standard InChI is InChI=1S/C23H25ClN6O/c1-16(31)29-13-9-18-14-19(24)5-6-20(18)30-22(15-29)26-27-23(30)17-7-11-28(12-8-17)21-4-2-3-10-25-21/h2-6,10,14,17H,7-9,11-13,15H2,1H3. The van der Waals surface area contributed by atoms with Crippen LogP contribution in [-0.4, -0.2) is 50.2 Å². The van der Waals surface area contributed by atoms with E-state index in [0.717, 1.165) is 61.1 Å². The van der Waals surface area contributed by atoms with E-state index in [1.807, 2.05) is 35.4 Å². The van der Waals surface area contributed by atoms with Gasteiger partial charge in [0.1, 0.15) is 11.6 Å². The van der Waals surface area contributed by atoms with Crippen LogP contribution >= 0.6 is 11.6 Å². The highest BCUT2D eigenvalue weighted by Gasteiger charge is 2.30. The molecule has 2 aliphatic rings. The number of hydrogen-bond acceptors (Lipinski definition) is 5. The maximum atomic E-state index is 12.2. The Labute approximate surface area is 186 Å². The molecule has 0 spiro atoms. The molecule has 0 radical (unpaired) electrons. The highest BCUT2D eigenvalue weighted by Crippen LogP contribution is 2.33. The molecule has 1 amide bonds. The molecule has 1 aromatic carbocycles. The van der Waals surface area contributed by atoms with Crippen LogP contribution in [0.25, 0.3) is 5.69 Å². The molecule has 160 valence electrons. The van der Waals surface area contributed by atoms with E-state index < -0.39 is 0 Å². The van der Waals surface area contributed by atoms with Crippen LogP contribution in [0.5, 0.6) is 0 Å². The molecular weight excluding hydrogens is 412 g/mol. The number of halogens is 1. The van der Waals surface area contributed by atoms with Crippen LogP contribution in [0.2, 0.25) is 5.02 Å². The molecule has 5 rings (SSSR count). The number of rotatable bonds is 2.